The number of carbonyl (C=O) groups is 1. The van der Waals surface area contributed by atoms with Crippen molar-refractivity contribution in [3.05, 3.63) is 29.3 Å². The summed E-state index contributed by atoms with van der Waals surface area (Å²) in [5, 5.41) is 9.27. The summed E-state index contributed by atoms with van der Waals surface area (Å²) in [4.78, 5) is 11.5. The fourth-order valence-electron chi connectivity index (χ4n) is 1.86. The van der Waals surface area contributed by atoms with Crippen LogP contribution in [0.2, 0.25) is 0 Å². The summed E-state index contributed by atoms with van der Waals surface area (Å²) in [5.41, 5.74) is 1.42. The molecule has 0 bridgehead atoms. The molecule has 1 aromatic rings. The third-order valence-electron chi connectivity index (χ3n) is 2.67. The molecule has 3 nitrogen and oxygen atoms in total. The van der Waals surface area contributed by atoms with E-state index in [2.05, 4.69) is 6.92 Å². The molecule has 80 valence electrons. The molecule has 1 heterocycles. The molecule has 1 aromatic carbocycles. The van der Waals surface area contributed by atoms with Crippen molar-refractivity contribution in [1.29, 1.82) is 0 Å². The molecular formula is C12H14O3. The number of aromatic hydroxyl groups is 1. The van der Waals surface area contributed by atoms with Gasteiger partial charge in [0, 0.05) is 5.56 Å². The summed E-state index contributed by atoms with van der Waals surface area (Å²) in [7, 11) is 0. The molecule has 0 aliphatic carbocycles. The Morgan fingerprint density at radius 1 is 1.47 bits per heavy atom. The third kappa shape index (κ3) is 1.82. The highest BCUT2D eigenvalue weighted by Gasteiger charge is 2.30. The monoisotopic (exact) mass is 206 g/mol. The number of phenolic OH excluding ortho intramolecular Hbond substituents is 1. The Balaban J connectivity index is 2.26. The van der Waals surface area contributed by atoms with E-state index in [4.69, 9.17) is 4.74 Å². The molecule has 0 amide bonds. The maximum atomic E-state index is 11.5. The minimum absolute atomic E-state index is 0.113. The van der Waals surface area contributed by atoms with Crippen LogP contribution in [-0.2, 0) is 4.74 Å². The Kier molecular flexibility index (Phi) is 2.62. The lowest BCUT2D eigenvalue weighted by Gasteiger charge is -2.09. The van der Waals surface area contributed by atoms with Crippen LogP contribution in [0.25, 0.3) is 0 Å². The first kappa shape index (κ1) is 10.0. The van der Waals surface area contributed by atoms with E-state index in [9.17, 15) is 9.90 Å². The van der Waals surface area contributed by atoms with E-state index in [1.165, 1.54) is 6.07 Å². The van der Waals surface area contributed by atoms with Crippen LogP contribution in [0.15, 0.2) is 18.2 Å². The SMILES string of the molecule is CCCCC1OC(=O)c2cc(O)ccc21. The molecule has 0 saturated heterocycles. The fraction of sp³-hybridized carbons (Fsp3) is 0.417. The first-order valence-corrected chi connectivity index (χ1v) is 5.26. The molecule has 0 spiro atoms. The van der Waals surface area contributed by atoms with Gasteiger partial charge in [0.05, 0.1) is 5.56 Å². The minimum atomic E-state index is -0.318. The standard InChI is InChI=1S/C12H14O3/c1-2-3-4-11-9-6-5-8(13)7-10(9)12(14)15-11/h5-7,11,13H,2-4H2,1H3. The molecule has 0 radical (unpaired) electrons. The quantitative estimate of drug-likeness (QED) is 0.773. The highest BCUT2D eigenvalue weighted by Crippen LogP contribution is 2.35. The zero-order valence-electron chi connectivity index (χ0n) is 8.69. The van der Waals surface area contributed by atoms with Gasteiger partial charge in [-0.3, -0.25) is 0 Å². The predicted octanol–water partition coefficient (Wildman–Crippen LogP) is 2.79. The number of carbonyl (C=O) groups excluding carboxylic acids is 1. The molecule has 0 fully saturated rings. The summed E-state index contributed by atoms with van der Waals surface area (Å²) in [6.45, 7) is 2.11. The van der Waals surface area contributed by atoms with Crippen LogP contribution in [0, 0.1) is 0 Å². The third-order valence-corrected chi connectivity index (χ3v) is 2.67. The van der Waals surface area contributed by atoms with E-state index in [1.807, 2.05) is 0 Å². The molecular weight excluding hydrogens is 192 g/mol. The van der Waals surface area contributed by atoms with E-state index >= 15 is 0 Å². The van der Waals surface area contributed by atoms with E-state index < -0.39 is 0 Å². The van der Waals surface area contributed by atoms with Gasteiger partial charge < -0.3 is 9.84 Å². The maximum absolute atomic E-state index is 11.5. The van der Waals surface area contributed by atoms with Crippen molar-refractivity contribution < 1.29 is 14.6 Å². The normalized spacial score (nSPS) is 18.7. The molecule has 3 heteroatoms. The lowest BCUT2D eigenvalue weighted by Crippen LogP contribution is -1.98. The summed E-state index contributed by atoms with van der Waals surface area (Å²) in [5.74, 6) is -0.205. The van der Waals surface area contributed by atoms with Gasteiger partial charge in [0.1, 0.15) is 11.9 Å². The molecule has 1 aliphatic heterocycles. The number of rotatable bonds is 3. The molecule has 1 unspecified atom stereocenters. The number of fused-ring (bicyclic) bond motifs is 1. The van der Waals surface area contributed by atoms with Gasteiger partial charge >= 0.3 is 5.97 Å². The van der Waals surface area contributed by atoms with E-state index in [0.29, 0.717) is 5.56 Å². The van der Waals surface area contributed by atoms with Crippen molar-refractivity contribution in [1.82, 2.24) is 0 Å². The Hall–Kier alpha value is -1.51. The topological polar surface area (TPSA) is 46.5 Å². The molecule has 2 rings (SSSR count). The van der Waals surface area contributed by atoms with Gasteiger partial charge in [-0.05, 0) is 25.0 Å². The van der Waals surface area contributed by atoms with E-state index in [0.717, 1.165) is 24.8 Å². The molecule has 15 heavy (non-hydrogen) atoms. The molecule has 1 atom stereocenters. The number of esters is 1. The second-order valence-corrected chi connectivity index (χ2v) is 3.81. The zero-order valence-corrected chi connectivity index (χ0v) is 8.69. The van der Waals surface area contributed by atoms with Crippen molar-refractivity contribution in [3.63, 3.8) is 0 Å². The van der Waals surface area contributed by atoms with Gasteiger partial charge in [-0.25, -0.2) is 4.79 Å². The Morgan fingerprint density at radius 2 is 2.27 bits per heavy atom. The van der Waals surface area contributed by atoms with Gasteiger partial charge in [-0.1, -0.05) is 19.4 Å². The Morgan fingerprint density at radius 3 is 3.00 bits per heavy atom. The van der Waals surface area contributed by atoms with E-state index in [-0.39, 0.29) is 17.8 Å². The number of hydrogen-bond donors (Lipinski definition) is 1. The van der Waals surface area contributed by atoms with Crippen LogP contribution in [0.5, 0.6) is 5.75 Å². The van der Waals surface area contributed by atoms with Gasteiger partial charge in [-0.15, -0.1) is 0 Å². The number of phenols is 1. The van der Waals surface area contributed by atoms with Gasteiger partial charge in [0.2, 0.25) is 0 Å². The zero-order chi connectivity index (χ0) is 10.8. The highest BCUT2D eigenvalue weighted by molar-refractivity contribution is 5.94. The number of ether oxygens (including phenoxy) is 1. The first-order valence-electron chi connectivity index (χ1n) is 5.26. The van der Waals surface area contributed by atoms with Gasteiger partial charge in [0.25, 0.3) is 0 Å². The second kappa shape index (κ2) is 3.93. The lowest BCUT2D eigenvalue weighted by molar-refractivity contribution is 0.0364. The van der Waals surface area contributed by atoms with Crippen molar-refractivity contribution in [2.24, 2.45) is 0 Å². The van der Waals surface area contributed by atoms with Crippen molar-refractivity contribution in [3.8, 4) is 5.75 Å². The lowest BCUT2D eigenvalue weighted by atomic mass is 10.0. The van der Waals surface area contributed by atoms with Crippen LogP contribution in [0.3, 0.4) is 0 Å². The van der Waals surface area contributed by atoms with Gasteiger partial charge in [0.15, 0.2) is 0 Å². The van der Waals surface area contributed by atoms with Crippen LogP contribution in [0.1, 0.15) is 48.2 Å². The number of benzene rings is 1. The molecule has 0 saturated carbocycles. The predicted molar refractivity (Wildman–Crippen MR) is 55.8 cm³/mol. The first-order chi connectivity index (χ1) is 7.22. The Labute approximate surface area is 88.7 Å². The van der Waals surface area contributed by atoms with Crippen LogP contribution in [0.4, 0.5) is 0 Å². The highest BCUT2D eigenvalue weighted by atomic mass is 16.5. The minimum Gasteiger partial charge on any atom is -0.508 e. The van der Waals surface area contributed by atoms with Crippen LogP contribution >= 0.6 is 0 Å². The molecule has 0 aromatic heterocycles. The van der Waals surface area contributed by atoms with Crippen molar-refractivity contribution in [2.45, 2.75) is 32.3 Å². The van der Waals surface area contributed by atoms with E-state index in [1.54, 1.807) is 12.1 Å². The summed E-state index contributed by atoms with van der Waals surface area (Å²) < 4.78 is 5.24. The summed E-state index contributed by atoms with van der Waals surface area (Å²) >= 11 is 0. The fourth-order valence-corrected chi connectivity index (χ4v) is 1.86. The van der Waals surface area contributed by atoms with Crippen LogP contribution in [-0.4, -0.2) is 11.1 Å². The number of cyclic esters (lactones) is 1. The largest absolute Gasteiger partial charge is 0.508 e. The number of unbranched alkanes of at least 4 members (excludes halogenated alkanes) is 1. The Bertz CT molecular complexity index is 384. The average molecular weight is 206 g/mol. The summed E-state index contributed by atoms with van der Waals surface area (Å²) in [6.07, 6.45) is 2.87. The van der Waals surface area contributed by atoms with Crippen molar-refractivity contribution in [2.75, 3.05) is 0 Å². The smallest absolute Gasteiger partial charge is 0.339 e. The second-order valence-electron chi connectivity index (χ2n) is 3.81. The molecule has 1 aliphatic rings. The van der Waals surface area contributed by atoms with Crippen LogP contribution < -0.4 is 0 Å². The van der Waals surface area contributed by atoms with Crippen molar-refractivity contribution >= 4 is 5.97 Å². The average Bonchev–Trinajstić information content (AvgIpc) is 2.53. The van der Waals surface area contributed by atoms with Gasteiger partial charge in [-0.2, -0.15) is 0 Å². The molecule has 1 N–H and O–H groups in total. The summed E-state index contributed by atoms with van der Waals surface area (Å²) in [6, 6.07) is 4.85. The number of hydrogen-bond acceptors (Lipinski definition) is 3. The maximum Gasteiger partial charge on any atom is 0.339 e.